The first-order chi connectivity index (χ1) is 16.4. The van der Waals surface area contributed by atoms with Gasteiger partial charge in [-0.15, -0.1) is 0 Å². The second kappa shape index (κ2) is 10.9. The van der Waals surface area contributed by atoms with Crippen LogP contribution in [0.2, 0.25) is 0 Å². The zero-order valence-corrected chi connectivity index (χ0v) is 20.4. The fraction of sp³-hybridized carbons (Fsp3) is 0.481. The number of para-hydroxylation sites is 1. The fourth-order valence-corrected chi connectivity index (χ4v) is 4.72. The normalized spacial score (nSPS) is 18.6. The Morgan fingerprint density at radius 2 is 1.76 bits per heavy atom. The predicted molar refractivity (Wildman–Crippen MR) is 137 cm³/mol. The van der Waals surface area contributed by atoms with Crippen molar-refractivity contribution in [2.75, 3.05) is 41.8 Å². The van der Waals surface area contributed by atoms with Crippen LogP contribution in [0.15, 0.2) is 36.4 Å². The van der Waals surface area contributed by atoms with Crippen LogP contribution in [0.25, 0.3) is 0 Å². The highest BCUT2D eigenvalue weighted by Gasteiger charge is 2.23. The molecule has 3 N–H and O–H groups in total. The largest absolute Gasteiger partial charge is 0.376 e. The zero-order valence-electron chi connectivity index (χ0n) is 20.4. The predicted octanol–water partition coefficient (Wildman–Crippen LogP) is 5.09. The molecule has 0 radical (unpaired) electrons. The molecule has 1 unspecified atom stereocenters. The van der Waals surface area contributed by atoms with E-state index in [1.807, 2.05) is 44.2 Å². The standard InChI is InChI=1S/C27H36N4O3/c1-18-11-13-31(14-12-18)24-10-9-21(16-23(24)26(32)28-17-22-8-5-15-34-22)29-27(33)30-25-19(2)6-4-7-20(25)3/h4,6-7,9-10,16,18,22H,5,8,11-15,17H2,1-3H3,(H,28,32)(H2,29,30,33). The molecule has 0 spiro atoms. The van der Waals surface area contributed by atoms with Crippen LogP contribution in [-0.2, 0) is 4.74 Å². The first-order valence-electron chi connectivity index (χ1n) is 12.3. The number of nitrogens with one attached hydrogen (secondary N) is 3. The van der Waals surface area contributed by atoms with E-state index in [2.05, 4.69) is 27.8 Å². The number of nitrogens with zero attached hydrogens (tertiary/aromatic N) is 1. The Hall–Kier alpha value is -3.06. The Kier molecular flexibility index (Phi) is 7.73. The van der Waals surface area contributed by atoms with E-state index >= 15 is 0 Å². The first-order valence-corrected chi connectivity index (χ1v) is 12.3. The molecule has 0 saturated carbocycles. The molecular weight excluding hydrogens is 428 g/mol. The minimum absolute atomic E-state index is 0.0765. The lowest BCUT2D eigenvalue weighted by Crippen LogP contribution is -2.36. The number of benzene rings is 2. The molecule has 1 atom stereocenters. The molecule has 2 aromatic carbocycles. The number of carbonyl (C=O) groups is 2. The average Bonchev–Trinajstić information content (AvgIpc) is 3.34. The summed E-state index contributed by atoms with van der Waals surface area (Å²) in [5.41, 5.74) is 4.88. The van der Waals surface area contributed by atoms with Crippen molar-refractivity contribution in [1.29, 1.82) is 0 Å². The SMILES string of the molecule is Cc1cccc(C)c1NC(=O)Nc1ccc(N2CCC(C)CC2)c(C(=O)NCC2CCCO2)c1. The van der Waals surface area contributed by atoms with Gasteiger partial charge in [0.2, 0.25) is 0 Å². The van der Waals surface area contributed by atoms with Crippen molar-refractivity contribution < 1.29 is 14.3 Å². The minimum atomic E-state index is -0.331. The van der Waals surface area contributed by atoms with E-state index in [0.717, 1.165) is 67.9 Å². The summed E-state index contributed by atoms with van der Waals surface area (Å²) in [7, 11) is 0. The summed E-state index contributed by atoms with van der Waals surface area (Å²) in [4.78, 5) is 28.2. The number of urea groups is 1. The maximum atomic E-state index is 13.2. The summed E-state index contributed by atoms with van der Waals surface area (Å²) in [6.45, 7) is 9.31. The van der Waals surface area contributed by atoms with Crippen LogP contribution in [-0.4, -0.2) is 44.3 Å². The molecule has 2 aromatic rings. The summed E-state index contributed by atoms with van der Waals surface area (Å²) in [6.07, 6.45) is 4.29. The molecular formula is C27H36N4O3. The van der Waals surface area contributed by atoms with Crippen molar-refractivity contribution >= 4 is 29.0 Å². The molecule has 7 heteroatoms. The molecule has 2 aliphatic heterocycles. The molecule has 0 aliphatic carbocycles. The lowest BCUT2D eigenvalue weighted by atomic mass is 9.97. The average molecular weight is 465 g/mol. The second-order valence-corrected chi connectivity index (χ2v) is 9.59. The third kappa shape index (κ3) is 5.89. The van der Waals surface area contributed by atoms with Gasteiger partial charge in [0.15, 0.2) is 0 Å². The Balaban J connectivity index is 1.51. The monoisotopic (exact) mass is 464 g/mol. The maximum Gasteiger partial charge on any atom is 0.323 e. The number of amides is 3. The highest BCUT2D eigenvalue weighted by atomic mass is 16.5. The summed E-state index contributed by atoms with van der Waals surface area (Å²) >= 11 is 0. The van der Waals surface area contributed by atoms with Gasteiger partial charge in [0.1, 0.15) is 0 Å². The van der Waals surface area contributed by atoms with Gasteiger partial charge >= 0.3 is 6.03 Å². The van der Waals surface area contributed by atoms with E-state index in [1.54, 1.807) is 6.07 Å². The van der Waals surface area contributed by atoms with Crippen LogP contribution < -0.4 is 20.9 Å². The topological polar surface area (TPSA) is 82.7 Å². The van der Waals surface area contributed by atoms with Crippen LogP contribution in [0.3, 0.4) is 0 Å². The molecule has 0 bridgehead atoms. The number of rotatable bonds is 6. The van der Waals surface area contributed by atoms with E-state index < -0.39 is 0 Å². The van der Waals surface area contributed by atoms with E-state index in [4.69, 9.17) is 4.74 Å². The zero-order chi connectivity index (χ0) is 24.1. The van der Waals surface area contributed by atoms with Gasteiger partial charge in [0.25, 0.3) is 5.91 Å². The van der Waals surface area contributed by atoms with Crippen molar-refractivity contribution in [2.24, 2.45) is 5.92 Å². The summed E-state index contributed by atoms with van der Waals surface area (Å²) in [5.74, 6) is 0.561. The third-order valence-electron chi connectivity index (χ3n) is 6.86. The third-order valence-corrected chi connectivity index (χ3v) is 6.86. The fourth-order valence-electron chi connectivity index (χ4n) is 4.72. The number of ether oxygens (including phenoxy) is 1. The lowest BCUT2D eigenvalue weighted by molar-refractivity contribution is 0.0858. The molecule has 2 aliphatic rings. The van der Waals surface area contributed by atoms with Crippen LogP contribution in [0, 0.1) is 19.8 Å². The number of anilines is 3. The van der Waals surface area contributed by atoms with Gasteiger partial charge in [-0.25, -0.2) is 4.79 Å². The van der Waals surface area contributed by atoms with Gasteiger partial charge in [0.05, 0.1) is 11.7 Å². The van der Waals surface area contributed by atoms with Gasteiger partial charge in [-0.3, -0.25) is 4.79 Å². The number of piperidine rings is 1. The van der Waals surface area contributed by atoms with Crippen molar-refractivity contribution in [3.05, 3.63) is 53.1 Å². The molecule has 182 valence electrons. The molecule has 7 nitrogen and oxygen atoms in total. The van der Waals surface area contributed by atoms with Crippen LogP contribution >= 0.6 is 0 Å². The van der Waals surface area contributed by atoms with Gasteiger partial charge in [-0.05, 0) is 74.8 Å². The Labute approximate surface area is 202 Å². The van der Waals surface area contributed by atoms with Crippen molar-refractivity contribution in [3.63, 3.8) is 0 Å². The number of hydrogen-bond donors (Lipinski definition) is 3. The van der Waals surface area contributed by atoms with Crippen molar-refractivity contribution in [3.8, 4) is 0 Å². The minimum Gasteiger partial charge on any atom is -0.376 e. The Bertz CT molecular complexity index is 1000. The number of hydrogen-bond acceptors (Lipinski definition) is 4. The second-order valence-electron chi connectivity index (χ2n) is 9.59. The van der Waals surface area contributed by atoms with Crippen LogP contribution in [0.5, 0.6) is 0 Å². The first kappa shape index (κ1) is 24.1. The van der Waals surface area contributed by atoms with Gasteiger partial charge < -0.3 is 25.6 Å². The molecule has 4 rings (SSSR count). The van der Waals surface area contributed by atoms with Crippen molar-refractivity contribution in [1.82, 2.24) is 5.32 Å². The van der Waals surface area contributed by atoms with Gasteiger partial charge in [-0.2, -0.15) is 0 Å². The van der Waals surface area contributed by atoms with Crippen LogP contribution in [0.4, 0.5) is 21.9 Å². The van der Waals surface area contributed by atoms with E-state index in [-0.39, 0.29) is 18.0 Å². The molecule has 2 heterocycles. The van der Waals surface area contributed by atoms with Crippen LogP contribution in [0.1, 0.15) is 54.1 Å². The Morgan fingerprint density at radius 1 is 1.03 bits per heavy atom. The lowest BCUT2D eigenvalue weighted by Gasteiger charge is -2.33. The quantitative estimate of drug-likeness (QED) is 0.556. The molecule has 34 heavy (non-hydrogen) atoms. The summed E-state index contributed by atoms with van der Waals surface area (Å²) in [6, 6.07) is 11.2. The van der Waals surface area contributed by atoms with E-state index in [0.29, 0.717) is 23.7 Å². The van der Waals surface area contributed by atoms with Gasteiger partial charge in [-0.1, -0.05) is 25.1 Å². The Morgan fingerprint density at radius 3 is 2.44 bits per heavy atom. The molecule has 2 saturated heterocycles. The van der Waals surface area contributed by atoms with E-state index in [1.165, 1.54) is 0 Å². The van der Waals surface area contributed by atoms with E-state index in [9.17, 15) is 9.59 Å². The summed E-state index contributed by atoms with van der Waals surface area (Å²) in [5, 5.41) is 8.89. The molecule has 2 fully saturated rings. The number of aryl methyl sites for hydroxylation is 2. The molecule has 3 amide bonds. The highest BCUT2D eigenvalue weighted by molar-refractivity contribution is 6.04. The van der Waals surface area contributed by atoms with Gasteiger partial charge in [0, 0.05) is 43.3 Å². The molecule has 0 aromatic heterocycles. The number of carbonyl (C=O) groups excluding carboxylic acids is 2. The smallest absolute Gasteiger partial charge is 0.323 e. The highest BCUT2D eigenvalue weighted by Crippen LogP contribution is 2.29. The summed E-state index contributed by atoms with van der Waals surface area (Å²) < 4.78 is 5.66. The maximum absolute atomic E-state index is 13.2. The van der Waals surface area contributed by atoms with Crippen molar-refractivity contribution in [2.45, 2.75) is 52.6 Å².